The maximum absolute atomic E-state index is 13.6. The molecule has 0 aliphatic carbocycles. The fraction of sp³-hybridized carbons (Fsp3) is 0.391. The number of ether oxygens (including phenoxy) is 2. The zero-order chi connectivity index (χ0) is 23.7. The number of aromatic nitrogens is 3. The molecule has 1 amide bonds. The van der Waals surface area contributed by atoms with Gasteiger partial charge in [-0.3, -0.25) is 18.7 Å². The molecule has 1 aliphatic rings. The Labute approximate surface area is 190 Å². The predicted octanol–water partition coefficient (Wildman–Crippen LogP) is 0.829. The normalized spacial score (nSPS) is 13.9. The van der Waals surface area contributed by atoms with Crippen molar-refractivity contribution in [2.24, 2.45) is 7.05 Å². The molecule has 1 saturated heterocycles. The molecular formula is C23H27N5O5. The molecule has 0 atom stereocenters. The van der Waals surface area contributed by atoms with E-state index < -0.39 is 11.2 Å². The van der Waals surface area contributed by atoms with E-state index in [2.05, 4.69) is 9.88 Å². The first-order valence-electron chi connectivity index (χ1n) is 10.6. The summed E-state index contributed by atoms with van der Waals surface area (Å²) in [5.74, 6) is 1.18. The topological polar surface area (TPSA) is 98.9 Å². The Balaban J connectivity index is 1.81. The van der Waals surface area contributed by atoms with E-state index >= 15 is 0 Å². The number of carbonyl (C=O) groups is 1. The number of piperazine rings is 1. The molecule has 0 bridgehead atoms. The summed E-state index contributed by atoms with van der Waals surface area (Å²) in [6, 6.07) is 7.05. The van der Waals surface area contributed by atoms with Crippen LogP contribution in [0, 0.1) is 0 Å². The lowest BCUT2D eigenvalue weighted by Crippen LogP contribution is -2.48. The van der Waals surface area contributed by atoms with E-state index in [1.165, 1.54) is 9.13 Å². The van der Waals surface area contributed by atoms with Gasteiger partial charge in [0, 0.05) is 52.4 Å². The van der Waals surface area contributed by atoms with Gasteiger partial charge in [0.05, 0.1) is 26.5 Å². The van der Waals surface area contributed by atoms with Gasteiger partial charge in [0.2, 0.25) is 5.91 Å². The summed E-state index contributed by atoms with van der Waals surface area (Å²) in [6.07, 6.45) is 1.60. The lowest BCUT2D eigenvalue weighted by atomic mass is 10.2. The molecule has 0 saturated carbocycles. The molecule has 10 heteroatoms. The van der Waals surface area contributed by atoms with Crippen LogP contribution in [0.25, 0.3) is 11.0 Å². The Bertz CT molecular complexity index is 1300. The lowest BCUT2D eigenvalue weighted by Gasteiger charge is -2.36. The number of benzene rings is 1. The van der Waals surface area contributed by atoms with E-state index in [9.17, 15) is 14.4 Å². The highest BCUT2D eigenvalue weighted by Gasteiger charge is 2.23. The van der Waals surface area contributed by atoms with Crippen LogP contribution in [0.3, 0.4) is 0 Å². The minimum atomic E-state index is -0.458. The van der Waals surface area contributed by atoms with E-state index in [1.807, 2.05) is 0 Å². The van der Waals surface area contributed by atoms with Gasteiger partial charge in [-0.25, -0.2) is 9.78 Å². The smallest absolute Gasteiger partial charge is 0.332 e. The van der Waals surface area contributed by atoms with E-state index in [0.29, 0.717) is 60.0 Å². The molecule has 4 rings (SSSR count). The van der Waals surface area contributed by atoms with E-state index in [4.69, 9.17) is 9.47 Å². The zero-order valence-corrected chi connectivity index (χ0v) is 19.2. The van der Waals surface area contributed by atoms with Gasteiger partial charge in [-0.1, -0.05) is 0 Å². The van der Waals surface area contributed by atoms with Gasteiger partial charge in [0.1, 0.15) is 16.9 Å². The van der Waals surface area contributed by atoms with Crippen molar-refractivity contribution in [3.8, 4) is 11.5 Å². The Kier molecular flexibility index (Phi) is 6.08. The molecule has 10 nitrogen and oxygen atoms in total. The zero-order valence-electron chi connectivity index (χ0n) is 19.2. The highest BCUT2D eigenvalue weighted by molar-refractivity contribution is 5.89. The number of hydrogen-bond acceptors (Lipinski definition) is 7. The highest BCUT2D eigenvalue weighted by Crippen LogP contribution is 2.25. The van der Waals surface area contributed by atoms with Gasteiger partial charge >= 0.3 is 5.69 Å². The Morgan fingerprint density at radius 1 is 1.03 bits per heavy atom. The van der Waals surface area contributed by atoms with Crippen LogP contribution in [0.15, 0.2) is 40.1 Å². The van der Waals surface area contributed by atoms with Crippen LogP contribution in [0.2, 0.25) is 0 Å². The number of nitrogens with zero attached hydrogens (tertiary/aromatic N) is 5. The molecule has 0 spiro atoms. The highest BCUT2D eigenvalue weighted by atomic mass is 16.5. The number of hydrogen-bond donors (Lipinski definition) is 0. The second-order valence-corrected chi connectivity index (χ2v) is 7.98. The number of methoxy groups -OCH3 is 2. The summed E-state index contributed by atoms with van der Waals surface area (Å²) in [5, 5.41) is 0.380. The lowest BCUT2D eigenvalue weighted by molar-refractivity contribution is -0.129. The van der Waals surface area contributed by atoms with Crippen LogP contribution >= 0.6 is 0 Å². The first-order chi connectivity index (χ1) is 15.8. The van der Waals surface area contributed by atoms with Crippen molar-refractivity contribution in [3.05, 3.63) is 56.9 Å². The molecule has 0 N–H and O–H groups in total. The van der Waals surface area contributed by atoms with Gasteiger partial charge in [-0.05, 0) is 23.8 Å². The summed E-state index contributed by atoms with van der Waals surface area (Å²) in [5.41, 5.74) is 0.870. The minimum Gasteiger partial charge on any atom is -0.497 e. The second kappa shape index (κ2) is 8.97. The van der Waals surface area contributed by atoms with Crippen molar-refractivity contribution in [3.63, 3.8) is 0 Å². The fourth-order valence-corrected chi connectivity index (χ4v) is 4.20. The molecule has 3 heterocycles. The van der Waals surface area contributed by atoms with Crippen LogP contribution in [-0.4, -0.2) is 65.3 Å². The van der Waals surface area contributed by atoms with Gasteiger partial charge in [0.25, 0.3) is 5.56 Å². The second-order valence-electron chi connectivity index (χ2n) is 7.98. The van der Waals surface area contributed by atoms with E-state index in [1.54, 1.807) is 63.6 Å². The van der Waals surface area contributed by atoms with E-state index in [-0.39, 0.29) is 12.5 Å². The summed E-state index contributed by atoms with van der Waals surface area (Å²) >= 11 is 0. The van der Waals surface area contributed by atoms with Crippen LogP contribution in [-0.2, 0) is 18.4 Å². The van der Waals surface area contributed by atoms with Crippen LogP contribution in [0.4, 0.5) is 5.69 Å². The van der Waals surface area contributed by atoms with Crippen LogP contribution in [0.5, 0.6) is 11.5 Å². The molecule has 0 unspecified atom stereocenters. The number of carbonyl (C=O) groups excluding carboxylic acids is 1. The fourth-order valence-electron chi connectivity index (χ4n) is 4.20. The largest absolute Gasteiger partial charge is 0.497 e. The molecule has 1 fully saturated rings. The predicted molar refractivity (Wildman–Crippen MR) is 124 cm³/mol. The monoisotopic (exact) mass is 453 g/mol. The van der Waals surface area contributed by atoms with Gasteiger partial charge in [-0.2, -0.15) is 0 Å². The molecule has 33 heavy (non-hydrogen) atoms. The number of aryl methyl sites for hydroxylation is 1. The van der Waals surface area contributed by atoms with Crippen molar-refractivity contribution in [1.29, 1.82) is 0 Å². The molecule has 1 aromatic carbocycles. The van der Waals surface area contributed by atoms with Gasteiger partial charge < -0.3 is 19.3 Å². The third-order valence-corrected chi connectivity index (χ3v) is 6.02. The Morgan fingerprint density at radius 3 is 2.24 bits per heavy atom. The summed E-state index contributed by atoms with van der Waals surface area (Å²) < 4.78 is 13.2. The third kappa shape index (κ3) is 4.15. The summed E-state index contributed by atoms with van der Waals surface area (Å²) in [4.78, 5) is 46.6. The van der Waals surface area contributed by atoms with E-state index in [0.717, 1.165) is 0 Å². The van der Waals surface area contributed by atoms with Crippen molar-refractivity contribution in [2.75, 3.05) is 45.3 Å². The molecular weight excluding hydrogens is 426 g/mol. The SMILES string of the molecule is COc1cc(Cn2c(=O)c3c(N4CCN(C(C)=O)CC4)ccnc3n(C)c2=O)cc(OC)c1. The average molecular weight is 453 g/mol. The minimum absolute atomic E-state index is 0.0349. The number of amides is 1. The van der Waals surface area contributed by atoms with Gasteiger partial charge in [0.15, 0.2) is 5.65 Å². The first kappa shape index (κ1) is 22.4. The number of rotatable bonds is 5. The van der Waals surface area contributed by atoms with Crippen molar-refractivity contribution >= 4 is 22.6 Å². The van der Waals surface area contributed by atoms with Gasteiger partial charge in [-0.15, -0.1) is 0 Å². The van der Waals surface area contributed by atoms with Crippen LogP contribution in [0.1, 0.15) is 12.5 Å². The van der Waals surface area contributed by atoms with Crippen molar-refractivity contribution < 1.29 is 14.3 Å². The summed E-state index contributed by atoms with van der Waals surface area (Å²) in [7, 11) is 4.70. The standard InChI is InChI=1S/C23H27N5O5/c1-15(29)26-7-9-27(10-8-26)19-5-6-24-21-20(19)22(30)28(23(31)25(21)2)14-16-11-17(32-3)13-18(12-16)33-4/h5-6,11-13H,7-10,14H2,1-4H3. The first-order valence-corrected chi connectivity index (χ1v) is 10.6. The number of fused-ring (bicyclic) bond motifs is 1. The quantitative estimate of drug-likeness (QED) is 0.564. The molecule has 174 valence electrons. The number of anilines is 1. The molecule has 0 radical (unpaired) electrons. The van der Waals surface area contributed by atoms with Crippen molar-refractivity contribution in [1.82, 2.24) is 19.0 Å². The maximum Gasteiger partial charge on any atom is 0.332 e. The number of pyridine rings is 1. The average Bonchev–Trinajstić information content (AvgIpc) is 2.84. The Hall–Kier alpha value is -3.82. The third-order valence-electron chi connectivity index (χ3n) is 6.02. The van der Waals surface area contributed by atoms with Crippen molar-refractivity contribution in [2.45, 2.75) is 13.5 Å². The van der Waals surface area contributed by atoms with Crippen LogP contribution < -0.4 is 25.6 Å². The molecule has 2 aromatic heterocycles. The molecule has 3 aromatic rings. The maximum atomic E-state index is 13.6. The summed E-state index contributed by atoms with van der Waals surface area (Å²) in [6.45, 7) is 3.94. The molecule has 1 aliphatic heterocycles. The Morgan fingerprint density at radius 2 is 1.67 bits per heavy atom.